The normalized spacial score (nSPS) is 19.2. The quantitative estimate of drug-likeness (QED) is 0.627. The fraction of sp³-hybridized carbons (Fsp3) is 0.357. The van der Waals surface area contributed by atoms with Gasteiger partial charge in [-0.25, -0.2) is 13.2 Å². The zero-order chi connectivity index (χ0) is 15.5. The highest BCUT2D eigenvalue weighted by molar-refractivity contribution is 7.89. The first kappa shape index (κ1) is 15.5. The average Bonchev–Trinajstić information content (AvgIpc) is 2.48. The Hall–Kier alpha value is -1.86. The van der Waals surface area contributed by atoms with Crippen molar-refractivity contribution in [3.63, 3.8) is 0 Å². The van der Waals surface area contributed by atoms with Crippen LogP contribution in [-0.4, -0.2) is 45.2 Å². The molecule has 0 aliphatic carbocycles. The van der Waals surface area contributed by atoms with Gasteiger partial charge in [-0.05, 0) is 25.1 Å². The van der Waals surface area contributed by atoms with Crippen LogP contribution in [0.2, 0.25) is 0 Å². The first-order valence-corrected chi connectivity index (χ1v) is 7.85. The van der Waals surface area contributed by atoms with Crippen molar-refractivity contribution in [1.82, 2.24) is 4.31 Å². The molecule has 1 aliphatic heterocycles. The summed E-state index contributed by atoms with van der Waals surface area (Å²) in [4.78, 5) is 11.3. The molecule has 0 bridgehead atoms. The molecule has 6 nitrogen and oxygen atoms in total. The smallest absolute Gasteiger partial charge is 0.438 e. The number of rotatable bonds is 3. The van der Waals surface area contributed by atoms with Gasteiger partial charge in [0.05, 0.1) is 18.6 Å². The van der Waals surface area contributed by atoms with Crippen LogP contribution in [0.25, 0.3) is 0 Å². The Morgan fingerprint density at radius 3 is 2.57 bits per heavy atom. The van der Waals surface area contributed by atoms with Gasteiger partial charge in [0, 0.05) is 6.54 Å². The third-order valence-corrected chi connectivity index (χ3v) is 4.96. The minimum Gasteiger partial charge on any atom is -0.438 e. The predicted octanol–water partition coefficient (Wildman–Crippen LogP) is 1.71. The maximum Gasteiger partial charge on any atom is 0.508 e. The Morgan fingerprint density at radius 1 is 1.29 bits per heavy atom. The topological polar surface area (TPSA) is 72.9 Å². The molecule has 1 aliphatic rings. The van der Waals surface area contributed by atoms with E-state index in [2.05, 4.69) is 4.74 Å². The van der Waals surface area contributed by atoms with Crippen LogP contribution in [0.4, 0.5) is 4.79 Å². The number of benzene rings is 1. The van der Waals surface area contributed by atoms with Crippen molar-refractivity contribution in [2.45, 2.75) is 17.9 Å². The number of sulfonamides is 1. The largest absolute Gasteiger partial charge is 0.508 e. The average molecular weight is 311 g/mol. The molecule has 0 saturated heterocycles. The molecule has 21 heavy (non-hydrogen) atoms. The first-order valence-electron chi connectivity index (χ1n) is 6.41. The molecule has 1 atom stereocenters. The molecule has 0 saturated carbocycles. The van der Waals surface area contributed by atoms with E-state index in [9.17, 15) is 13.2 Å². The molecule has 0 fully saturated rings. The first-order chi connectivity index (χ1) is 9.93. The summed E-state index contributed by atoms with van der Waals surface area (Å²) in [7, 11) is -2.40. The summed E-state index contributed by atoms with van der Waals surface area (Å²) in [6, 6.07) is 6.63. The van der Waals surface area contributed by atoms with Gasteiger partial charge in [0.2, 0.25) is 10.0 Å². The van der Waals surface area contributed by atoms with E-state index in [0.29, 0.717) is 0 Å². The Kier molecular flexibility index (Phi) is 4.64. The number of hydrogen-bond acceptors (Lipinski definition) is 5. The lowest BCUT2D eigenvalue weighted by molar-refractivity contribution is 0.0453. The standard InChI is InChI=1S/C14H17NO5S/c1-11-5-7-13(8-6-11)21(17,18)15-9-3-4-12(10-15)20-14(16)19-2/h3-8,12H,9-10H2,1-2H3. The van der Waals surface area contributed by atoms with E-state index in [0.717, 1.165) is 5.56 Å². The lowest BCUT2D eigenvalue weighted by atomic mass is 10.2. The molecule has 0 radical (unpaired) electrons. The summed E-state index contributed by atoms with van der Waals surface area (Å²) in [5.41, 5.74) is 0.986. The zero-order valence-electron chi connectivity index (χ0n) is 11.9. The molecular formula is C14H17NO5S. The molecule has 0 aromatic heterocycles. The van der Waals surface area contributed by atoms with Crippen LogP contribution >= 0.6 is 0 Å². The Balaban J connectivity index is 2.16. The van der Waals surface area contributed by atoms with Crippen molar-refractivity contribution in [1.29, 1.82) is 0 Å². The molecule has 1 unspecified atom stereocenters. The monoisotopic (exact) mass is 311 g/mol. The van der Waals surface area contributed by atoms with Gasteiger partial charge in [-0.1, -0.05) is 23.8 Å². The molecule has 0 spiro atoms. The van der Waals surface area contributed by atoms with Crippen LogP contribution in [0, 0.1) is 6.92 Å². The third-order valence-electron chi connectivity index (χ3n) is 3.12. The summed E-state index contributed by atoms with van der Waals surface area (Å²) < 4.78 is 35.7. The fourth-order valence-electron chi connectivity index (χ4n) is 1.97. The van der Waals surface area contributed by atoms with Gasteiger partial charge in [0.25, 0.3) is 0 Å². The Bertz CT molecular complexity index is 636. The molecule has 1 aromatic rings. The molecule has 0 N–H and O–H groups in total. The second-order valence-corrected chi connectivity index (χ2v) is 6.61. The fourth-order valence-corrected chi connectivity index (χ4v) is 3.37. The van der Waals surface area contributed by atoms with Gasteiger partial charge in [-0.3, -0.25) is 0 Å². The number of carbonyl (C=O) groups excluding carboxylic acids is 1. The summed E-state index contributed by atoms with van der Waals surface area (Å²) in [6.45, 7) is 2.21. The van der Waals surface area contributed by atoms with Crippen molar-refractivity contribution in [3.8, 4) is 0 Å². The highest BCUT2D eigenvalue weighted by atomic mass is 32.2. The lowest BCUT2D eigenvalue weighted by Gasteiger charge is -2.27. The van der Waals surface area contributed by atoms with E-state index >= 15 is 0 Å². The van der Waals surface area contributed by atoms with Gasteiger partial charge in [0.15, 0.2) is 0 Å². The van der Waals surface area contributed by atoms with Crippen LogP contribution in [0.1, 0.15) is 5.56 Å². The van der Waals surface area contributed by atoms with E-state index in [1.807, 2.05) is 6.92 Å². The minimum absolute atomic E-state index is 0.0712. The van der Waals surface area contributed by atoms with Crippen molar-refractivity contribution in [2.75, 3.05) is 20.2 Å². The molecule has 2 rings (SSSR count). The Labute approximate surface area is 124 Å². The van der Waals surface area contributed by atoms with Crippen LogP contribution < -0.4 is 0 Å². The van der Waals surface area contributed by atoms with E-state index in [1.165, 1.54) is 11.4 Å². The summed E-state index contributed by atoms with van der Waals surface area (Å²) in [6.07, 6.45) is 1.83. The lowest BCUT2D eigenvalue weighted by Crippen LogP contribution is -2.41. The van der Waals surface area contributed by atoms with Crippen LogP contribution in [-0.2, 0) is 19.5 Å². The van der Waals surface area contributed by atoms with E-state index in [-0.39, 0.29) is 18.0 Å². The van der Waals surface area contributed by atoms with Gasteiger partial charge in [0.1, 0.15) is 6.10 Å². The van der Waals surface area contributed by atoms with E-state index in [1.54, 1.807) is 36.4 Å². The number of methoxy groups -OCH3 is 1. The molecule has 1 aromatic carbocycles. The van der Waals surface area contributed by atoms with Crippen LogP contribution in [0.3, 0.4) is 0 Å². The number of hydrogen-bond donors (Lipinski definition) is 0. The second kappa shape index (κ2) is 6.28. The number of aryl methyl sites for hydroxylation is 1. The van der Waals surface area contributed by atoms with Crippen molar-refractivity contribution in [2.24, 2.45) is 0 Å². The van der Waals surface area contributed by atoms with Crippen molar-refractivity contribution < 1.29 is 22.7 Å². The van der Waals surface area contributed by atoms with Crippen molar-refractivity contribution in [3.05, 3.63) is 42.0 Å². The summed E-state index contributed by atoms with van der Waals surface area (Å²) in [5, 5.41) is 0. The summed E-state index contributed by atoms with van der Waals surface area (Å²) in [5.74, 6) is 0. The van der Waals surface area contributed by atoms with Gasteiger partial charge >= 0.3 is 6.16 Å². The van der Waals surface area contributed by atoms with Crippen LogP contribution in [0.15, 0.2) is 41.3 Å². The summed E-state index contributed by atoms with van der Waals surface area (Å²) >= 11 is 0. The van der Waals surface area contributed by atoms with Gasteiger partial charge in [-0.15, -0.1) is 0 Å². The number of nitrogens with zero attached hydrogens (tertiary/aromatic N) is 1. The molecule has 7 heteroatoms. The maximum absolute atomic E-state index is 12.5. The van der Waals surface area contributed by atoms with Gasteiger partial charge < -0.3 is 9.47 Å². The molecule has 114 valence electrons. The maximum atomic E-state index is 12.5. The minimum atomic E-state index is -3.60. The molecule has 0 amide bonds. The third kappa shape index (κ3) is 3.62. The molecular weight excluding hydrogens is 294 g/mol. The highest BCUT2D eigenvalue weighted by Gasteiger charge is 2.29. The van der Waals surface area contributed by atoms with Crippen molar-refractivity contribution >= 4 is 16.2 Å². The highest BCUT2D eigenvalue weighted by Crippen LogP contribution is 2.19. The van der Waals surface area contributed by atoms with E-state index < -0.39 is 22.3 Å². The number of carbonyl (C=O) groups is 1. The van der Waals surface area contributed by atoms with Gasteiger partial charge in [-0.2, -0.15) is 4.31 Å². The second-order valence-electron chi connectivity index (χ2n) is 4.67. The SMILES string of the molecule is COC(=O)OC1C=CCN(S(=O)(=O)c2ccc(C)cc2)C1. The number of ether oxygens (including phenoxy) is 2. The van der Waals surface area contributed by atoms with Crippen LogP contribution in [0.5, 0.6) is 0 Å². The van der Waals surface area contributed by atoms with E-state index in [4.69, 9.17) is 4.74 Å². The predicted molar refractivity (Wildman–Crippen MR) is 76.4 cm³/mol. The Morgan fingerprint density at radius 2 is 1.95 bits per heavy atom. The zero-order valence-corrected chi connectivity index (χ0v) is 12.7. The molecule has 1 heterocycles.